The first-order chi connectivity index (χ1) is 9.25. The van der Waals surface area contributed by atoms with E-state index < -0.39 is 5.97 Å². The normalized spacial score (nSPS) is 25.0. The van der Waals surface area contributed by atoms with Gasteiger partial charge in [-0.05, 0) is 31.1 Å². The summed E-state index contributed by atoms with van der Waals surface area (Å²) in [4.78, 5) is 23.0. The van der Waals surface area contributed by atoms with Gasteiger partial charge in [0, 0.05) is 19.6 Å². The standard InChI is InChI=1S/C15H27NO4/c1-15(2,3)12(20-4)9-16-13(17)10-5-7-11(8-6-10)14(18)19/h10-12H,5-9H2,1-4H3,(H,16,17)(H,18,19). The number of hydrogen-bond acceptors (Lipinski definition) is 3. The maximum atomic E-state index is 12.1. The van der Waals surface area contributed by atoms with E-state index in [9.17, 15) is 9.59 Å². The van der Waals surface area contributed by atoms with Crippen molar-refractivity contribution in [3.63, 3.8) is 0 Å². The van der Waals surface area contributed by atoms with Crippen LogP contribution in [0.4, 0.5) is 0 Å². The number of carbonyl (C=O) groups is 2. The molecule has 0 bridgehead atoms. The smallest absolute Gasteiger partial charge is 0.306 e. The van der Waals surface area contributed by atoms with Crippen LogP contribution in [0.1, 0.15) is 46.5 Å². The zero-order valence-corrected chi connectivity index (χ0v) is 12.9. The molecule has 5 heteroatoms. The molecule has 1 unspecified atom stereocenters. The van der Waals surface area contributed by atoms with Gasteiger partial charge in [0.2, 0.25) is 5.91 Å². The molecule has 1 fully saturated rings. The molecule has 0 aromatic carbocycles. The molecule has 1 aliphatic carbocycles. The Bertz CT molecular complexity index is 340. The molecule has 1 atom stereocenters. The van der Waals surface area contributed by atoms with Crippen molar-refractivity contribution >= 4 is 11.9 Å². The zero-order valence-electron chi connectivity index (χ0n) is 12.9. The molecule has 1 amide bonds. The lowest BCUT2D eigenvalue weighted by Gasteiger charge is -2.31. The summed E-state index contributed by atoms with van der Waals surface area (Å²) in [7, 11) is 1.65. The highest BCUT2D eigenvalue weighted by Crippen LogP contribution is 2.29. The largest absolute Gasteiger partial charge is 0.481 e. The molecule has 2 N–H and O–H groups in total. The van der Waals surface area contributed by atoms with Crippen molar-refractivity contribution in [1.29, 1.82) is 0 Å². The minimum atomic E-state index is -0.740. The molecule has 1 aliphatic rings. The lowest BCUT2D eigenvalue weighted by molar-refractivity contribution is -0.144. The Labute approximate surface area is 121 Å². The fraction of sp³-hybridized carbons (Fsp3) is 0.867. The molecule has 0 radical (unpaired) electrons. The molecular weight excluding hydrogens is 258 g/mol. The molecule has 1 rings (SSSR count). The van der Waals surface area contributed by atoms with Crippen LogP contribution < -0.4 is 5.32 Å². The average Bonchev–Trinajstić information content (AvgIpc) is 2.37. The van der Waals surface area contributed by atoms with Gasteiger partial charge in [-0.2, -0.15) is 0 Å². The molecule has 0 aromatic rings. The Morgan fingerprint density at radius 1 is 1.20 bits per heavy atom. The molecule has 0 saturated heterocycles. The molecule has 0 aromatic heterocycles. The van der Waals surface area contributed by atoms with Crippen molar-refractivity contribution in [2.45, 2.75) is 52.6 Å². The Balaban J connectivity index is 2.39. The van der Waals surface area contributed by atoms with Crippen LogP contribution in [0, 0.1) is 17.3 Å². The molecule has 0 aliphatic heterocycles. The van der Waals surface area contributed by atoms with Gasteiger partial charge < -0.3 is 15.2 Å². The maximum absolute atomic E-state index is 12.1. The summed E-state index contributed by atoms with van der Waals surface area (Å²) in [5, 5.41) is 11.9. The third-order valence-corrected chi connectivity index (χ3v) is 4.16. The molecule has 5 nitrogen and oxygen atoms in total. The lowest BCUT2D eigenvalue weighted by atomic mass is 9.81. The Morgan fingerprint density at radius 2 is 1.70 bits per heavy atom. The number of amides is 1. The molecule has 20 heavy (non-hydrogen) atoms. The molecule has 116 valence electrons. The second kappa shape index (κ2) is 7.07. The number of ether oxygens (including phenoxy) is 1. The van der Waals surface area contributed by atoms with Gasteiger partial charge in [-0.15, -0.1) is 0 Å². The Kier molecular flexibility index (Phi) is 5.99. The highest BCUT2D eigenvalue weighted by atomic mass is 16.5. The maximum Gasteiger partial charge on any atom is 0.306 e. The average molecular weight is 285 g/mol. The summed E-state index contributed by atoms with van der Waals surface area (Å²) < 4.78 is 5.41. The van der Waals surface area contributed by atoms with Gasteiger partial charge in [-0.3, -0.25) is 9.59 Å². The molecule has 1 saturated carbocycles. The van der Waals surface area contributed by atoms with E-state index in [1.54, 1.807) is 7.11 Å². The first kappa shape index (κ1) is 17.0. The number of methoxy groups -OCH3 is 1. The topological polar surface area (TPSA) is 75.6 Å². The van der Waals surface area contributed by atoms with Gasteiger partial charge in [-0.1, -0.05) is 20.8 Å². The lowest BCUT2D eigenvalue weighted by Crippen LogP contribution is -2.43. The van der Waals surface area contributed by atoms with E-state index in [0.29, 0.717) is 32.2 Å². The van der Waals surface area contributed by atoms with Crippen LogP contribution in [-0.2, 0) is 14.3 Å². The van der Waals surface area contributed by atoms with Crippen LogP contribution in [0.15, 0.2) is 0 Å². The quantitative estimate of drug-likeness (QED) is 0.810. The number of carboxylic acids is 1. The second-order valence-corrected chi connectivity index (χ2v) is 6.72. The Morgan fingerprint density at radius 3 is 2.10 bits per heavy atom. The third-order valence-electron chi connectivity index (χ3n) is 4.16. The van der Waals surface area contributed by atoms with Gasteiger partial charge in [0.1, 0.15) is 0 Å². The molecule has 0 spiro atoms. The summed E-state index contributed by atoms with van der Waals surface area (Å²) >= 11 is 0. The summed E-state index contributed by atoms with van der Waals surface area (Å²) in [6.45, 7) is 6.72. The van der Waals surface area contributed by atoms with E-state index in [-0.39, 0.29) is 29.3 Å². The number of aliphatic carboxylic acids is 1. The highest BCUT2D eigenvalue weighted by molar-refractivity contribution is 5.79. The summed E-state index contributed by atoms with van der Waals surface area (Å²) in [6.07, 6.45) is 2.49. The summed E-state index contributed by atoms with van der Waals surface area (Å²) in [6, 6.07) is 0. The van der Waals surface area contributed by atoms with Crippen LogP contribution in [0.5, 0.6) is 0 Å². The second-order valence-electron chi connectivity index (χ2n) is 6.72. The predicted molar refractivity (Wildman–Crippen MR) is 76.3 cm³/mol. The fourth-order valence-electron chi connectivity index (χ4n) is 2.68. The van der Waals surface area contributed by atoms with Crippen LogP contribution in [0.25, 0.3) is 0 Å². The van der Waals surface area contributed by atoms with E-state index in [1.165, 1.54) is 0 Å². The van der Waals surface area contributed by atoms with Crippen molar-refractivity contribution in [3.05, 3.63) is 0 Å². The predicted octanol–water partition coefficient (Wildman–Crippen LogP) is 2.05. The number of hydrogen-bond donors (Lipinski definition) is 2. The summed E-state index contributed by atoms with van der Waals surface area (Å²) in [5.74, 6) is -1.04. The molecular formula is C15H27NO4. The van der Waals surface area contributed by atoms with E-state index >= 15 is 0 Å². The fourth-order valence-corrected chi connectivity index (χ4v) is 2.68. The summed E-state index contributed by atoms with van der Waals surface area (Å²) in [5.41, 5.74) is -0.0248. The third kappa shape index (κ3) is 4.78. The minimum absolute atomic E-state index is 0.0248. The van der Waals surface area contributed by atoms with Crippen LogP contribution in [0.2, 0.25) is 0 Å². The van der Waals surface area contributed by atoms with Crippen molar-refractivity contribution in [2.24, 2.45) is 17.3 Å². The van der Waals surface area contributed by atoms with Crippen LogP contribution in [0.3, 0.4) is 0 Å². The van der Waals surface area contributed by atoms with Crippen molar-refractivity contribution in [2.75, 3.05) is 13.7 Å². The van der Waals surface area contributed by atoms with Crippen molar-refractivity contribution in [3.8, 4) is 0 Å². The number of carboxylic acid groups (broad SMARTS) is 1. The van der Waals surface area contributed by atoms with E-state index in [4.69, 9.17) is 9.84 Å². The highest BCUT2D eigenvalue weighted by Gasteiger charge is 2.31. The minimum Gasteiger partial charge on any atom is -0.481 e. The molecule has 0 heterocycles. The van der Waals surface area contributed by atoms with Gasteiger partial charge >= 0.3 is 5.97 Å². The number of nitrogens with one attached hydrogen (secondary N) is 1. The number of rotatable bonds is 5. The first-order valence-corrected chi connectivity index (χ1v) is 7.29. The van der Waals surface area contributed by atoms with Crippen LogP contribution in [-0.4, -0.2) is 36.7 Å². The van der Waals surface area contributed by atoms with Gasteiger partial charge in [0.05, 0.1) is 12.0 Å². The Hall–Kier alpha value is -1.10. The number of carbonyl (C=O) groups excluding carboxylic acids is 1. The van der Waals surface area contributed by atoms with Gasteiger partial charge in [-0.25, -0.2) is 0 Å². The van der Waals surface area contributed by atoms with Crippen LogP contribution >= 0.6 is 0 Å². The zero-order chi connectivity index (χ0) is 15.3. The van der Waals surface area contributed by atoms with E-state index in [0.717, 1.165) is 0 Å². The van der Waals surface area contributed by atoms with Gasteiger partial charge in [0.15, 0.2) is 0 Å². The van der Waals surface area contributed by atoms with Gasteiger partial charge in [0.25, 0.3) is 0 Å². The SMILES string of the molecule is COC(CNC(=O)C1CCC(C(=O)O)CC1)C(C)(C)C. The van der Waals surface area contributed by atoms with Crippen molar-refractivity contribution < 1.29 is 19.4 Å². The van der Waals surface area contributed by atoms with E-state index in [2.05, 4.69) is 26.1 Å². The van der Waals surface area contributed by atoms with Crippen molar-refractivity contribution in [1.82, 2.24) is 5.32 Å². The first-order valence-electron chi connectivity index (χ1n) is 7.29. The van der Waals surface area contributed by atoms with E-state index in [1.807, 2.05) is 0 Å². The monoisotopic (exact) mass is 285 g/mol.